The second kappa shape index (κ2) is 9.12. The molecular formula is C18H29NO5Si. The van der Waals surface area contributed by atoms with Crippen LogP contribution in [0.25, 0.3) is 0 Å². The summed E-state index contributed by atoms with van der Waals surface area (Å²) in [4.78, 5) is 10.3. The Labute approximate surface area is 151 Å². The van der Waals surface area contributed by atoms with Gasteiger partial charge in [-0.05, 0) is 30.3 Å². The Morgan fingerprint density at radius 3 is 2.56 bits per heavy atom. The maximum absolute atomic E-state index is 10.7. The van der Waals surface area contributed by atoms with Crippen LogP contribution in [0.2, 0.25) is 18.1 Å². The first-order valence-corrected chi connectivity index (χ1v) is 11.2. The van der Waals surface area contributed by atoms with Crippen molar-refractivity contribution in [2.24, 2.45) is 0 Å². The van der Waals surface area contributed by atoms with E-state index in [-0.39, 0.29) is 16.8 Å². The zero-order chi connectivity index (χ0) is 19.1. The maximum atomic E-state index is 10.7. The normalized spacial score (nSPS) is 13.8. The van der Waals surface area contributed by atoms with Crippen molar-refractivity contribution in [1.82, 2.24) is 0 Å². The van der Waals surface area contributed by atoms with E-state index in [0.717, 1.165) is 0 Å². The summed E-state index contributed by atoms with van der Waals surface area (Å²) in [6.45, 7) is 11.8. The molecule has 0 unspecified atom stereocenters. The average Bonchev–Trinajstić information content (AvgIpc) is 2.53. The number of rotatable bonds is 9. The van der Waals surface area contributed by atoms with E-state index in [2.05, 4.69) is 33.9 Å². The zero-order valence-corrected chi connectivity index (χ0v) is 16.9. The predicted molar refractivity (Wildman–Crippen MR) is 102 cm³/mol. The molecule has 0 saturated carbocycles. The van der Waals surface area contributed by atoms with Crippen molar-refractivity contribution in [2.45, 2.75) is 45.0 Å². The van der Waals surface area contributed by atoms with Crippen LogP contribution in [0, 0.1) is 10.1 Å². The number of ether oxygens (including phenoxy) is 2. The van der Waals surface area contributed by atoms with E-state index in [9.17, 15) is 10.1 Å². The Balaban J connectivity index is 2.50. The molecule has 0 amide bonds. The van der Waals surface area contributed by atoms with Crippen LogP contribution in [0.15, 0.2) is 36.4 Å². The molecule has 1 aromatic rings. The number of benzene rings is 1. The lowest BCUT2D eigenvalue weighted by Gasteiger charge is -2.36. The SMILES string of the molecule is CO[C@H](/C=C/COc1cccc([N+](=O)[O-])c1)CO[Si](C)(C)C(C)(C)C. The van der Waals surface area contributed by atoms with E-state index in [0.29, 0.717) is 19.0 Å². The lowest BCUT2D eigenvalue weighted by atomic mass is 10.2. The van der Waals surface area contributed by atoms with Crippen LogP contribution in [0.4, 0.5) is 5.69 Å². The van der Waals surface area contributed by atoms with Crippen molar-refractivity contribution < 1.29 is 18.8 Å². The van der Waals surface area contributed by atoms with Crippen LogP contribution in [0.5, 0.6) is 5.75 Å². The standard InChI is InChI=1S/C18H29NO5Si/c1-18(2,3)25(5,6)24-14-17(22-4)11-8-12-23-16-10-7-9-15(13-16)19(20)21/h7-11,13,17H,12,14H2,1-6H3/b11-8+/t17-/m1/s1. The Hall–Kier alpha value is -1.70. The molecule has 0 aliphatic rings. The number of nitro groups is 1. The molecule has 0 N–H and O–H groups in total. The molecule has 0 spiro atoms. The van der Waals surface area contributed by atoms with Gasteiger partial charge >= 0.3 is 0 Å². The lowest BCUT2D eigenvalue weighted by molar-refractivity contribution is -0.384. The van der Waals surface area contributed by atoms with Gasteiger partial charge in [-0.2, -0.15) is 0 Å². The summed E-state index contributed by atoms with van der Waals surface area (Å²) in [6, 6.07) is 6.13. The second-order valence-electron chi connectivity index (χ2n) is 7.34. The van der Waals surface area contributed by atoms with Crippen LogP contribution >= 0.6 is 0 Å². The number of hydrogen-bond donors (Lipinski definition) is 0. The summed E-state index contributed by atoms with van der Waals surface area (Å²) < 4.78 is 17.1. The fourth-order valence-corrected chi connectivity index (χ4v) is 2.76. The first kappa shape index (κ1) is 21.3. The van der Waals surface area contributed by atoms with Crippen molar-refractivity contribution >= 4 is 14.0 Å². The molecule has 0 radical (unpaired) electrons. The van der Waals surface area contributed by atoms with Crippen molar-refractivity contribution in [3.05, 3.63) is 46.5 Å². The molecule has 6 nitrogen and oxygen atoms in total. The maximum Gasteiger partial charge on any atom is 0.273 e. The smallest absolute Gasteiger partial charge is 0.273 e. The minimum atomic E-state index is -1.81. The molecule has 0 aliphatic heterocycles. The van der Waals surface area contributed by atoms with E-state index in [4.69, 9.17) is 13.9 Å². The average molecular weight is 368 g/mol. The summed E-state index contributed by atoms with van der Waals surface area (Å²) in [7, 11) is -0.166. The Kier molecular flexibility index (Phi) is 7.79. The van der Waals surface area contributed by atoms with Gasteiger partial charge in [-0.25, -0.2) is 0 Å². The van der Waals surface area contributed by atoms with Gasteiger partial charge < -0.3 is 13.9 Å². The quantitative estimate of drug-likeness (QED) is 0.277. The lowest BCUT2D eigenvalue weighted by Crippen LogP contribution is -2.42. The highest BCUT2D eigenvalue weighted by Crippen LogP contribution is 2.36. The topological polar surface area (TPSA) is 70.8 Å². The van der Waals surface area contributed by atoms with Crippen molar-refractivity contribution in [3.63, 3.8) is 0 Å². The molecule has 0 bridgehead atoms. The van der Waals surface area contributed by atoms with Crippen molar-refractivity contribution in [3.8, 4) is 5.75 Å². The third-order valence-electron chi connectivity index (χ3n) is 4.44. The number of nitro benzene ring substituents is 1. The van der Waals surface area contributed by atoms with Crippen LogP contribution in [0.3, 0.4) is 0 Å². The van der Waals surface area contributed by atoms with Gasteiger partial charge in [0.1, 0.15) is 12.4 Å². The van der Waals surface area contributed by atoms with Gasteiger partial charge in [-0.1, -0.05) is 32.9 Å². The van der Waals surface area contributed by atoms with E-state index >= 15 is 0 Å². The molecule has 1 rings (SSSR count). The molecule has 0 aliphatic carbocycles. The van der Waals surface area contributed by atoms with Gasteiger partial charge in [0.15, 0.2) is 8.32 Å². The Morgan fingerprint density at radius 1 is 1.32 bits per heavy atom. The Bertz CT molecular complexity index is 595. The summed E-state index contributed by atoms with van der Waals surface area (Å²) >= 11 is 0. The molecule has 7 heteroatoms. The molecular weight excluding hydrogens is 338 g/mol. The van der Waals surface area contributed by atoms with Crippen LogP contribution in [0.1, 0.15) is 20.8 Å². The van der Waals surface area contributed by atoms with Crippen molar-refractivity contribution in [2.75, 3.05) is 20.3 Å². The highest BCUT2D eigenvalue weighted by Gasteiger charge is 2.37. The third kappa shape index (κ3) is 6.97. The first-order chi connectivity index (χ1) is 11.6. The molecule has 0 saturated heterocycles. The second-order valence-corrected chi connectivity index (χ2v) is 12.1. The number of nitrogens with zero attached hydrogens (tertiary/aromatic N) is 1. The first-order valence-electron chi connectivity index (χ1n) is 8.27. The summed E-state index contributed by atoms with van der Waals surface area (Å²) in [5.74, 6) is 0.463. The van der Waals surface area contributed by atoms with Crippen LogP contribution in [-0.2, 0) is 9.16 Å². The van der Waals surface area contributed by atoms with Crippen LogP contribution in [-0.4, -0.2) is 39.7 Å². The fourth-order valence-electron chi connectivity index (χ4n) is 1.75. The number of methoxy groups -OCH3 is 1. The molecule has 0 fully saturated rings. The number of hydrogen-bond acceptors (Lipinski definition) is 5. The van der Waals surface area contributed by atoms with Gasteiger partial charge in [0.2, 0.25) is 0 Å². The third-order valence-corrected chi connectivity index (χ3v) is 8.94. The largest absolute Gasteiger partial charge is 0.489 e. The molecule has 0 aromatic heterocycles. The van der Waals surface area contributed by atoms with Gasteiger partial charge in [0, 0.05) is 13.2 Å². The molecule has 25 heavy (non-hydrogen) atoms. The highest BCUT2D eigenvalue weighted by molar-refractivity contribution is 6.74. The monoisotopic (exact) mass is 367 g/mol. The summed E-state index contributed by atoms with van der Waals surface area (Å²) in [5, 5.41) is 10.9. The molecule has 1 aromatic carbocycles. The Morgan fingerprint density at radius 2 is 2.00 bits per heavy atom. The van der Waals surface area contributed by atoms with Crippen LogP contribution < -0.4 is 4.74 Å². The van der Waals surface area contributed by atoms with Gasteiger partial charge in [-0.15, -0.1) is 0 Å². The van der Waals surface area contributed by atoms with Crippen molar-refractivity contribution in [1.29, 1.82) is 0 Å². The summed E-state index contributed by atoms with van der Waals surface area (Å²) in [5.41, 5.74) is 0.0130. The van der Waals surface area contributed by atoms with Gasteiger partial charge in [0.25, 0.3) is 5.69 Å². The summed E-state index contributed by atoms with van der Waals surface area (Å²) in [6.07, 6.45) is 3.58. The van der Waals surface area contributed by atoms with E-state index in [1.165, 1.54) is 12.1 Å². The van der Waals surface area contributed by atoms with E-state index in [1.807, 2.05) is 12.2 Å². The van der Waals surface area contributed by atoms with E-state index in [1.54, 1.807) is 19.2 Å². The molecule has 1 atom stereocenters. The minimum absolute atomic E-state index is 0.0130. The predicted octanol–water partition coefficient (Wildman–Crippen LogP) is 4.57. The molecule has 0 heterocycles. The highest BCUT2D eigenvalue weighted by atomic mass is 28.4. The number of non-ortho nitro benzene ring substituents is 1. The van der Waals surface area contributed by atoms with Gasteiger partial charge in [0.05, 0.1) is 23.7 Å². The van der Waals surface area contributed by atoms with E-state index < -0.39 is 13.2 Å². The van der Waals surface area contributed by atoms with Gasteiger partial charge in [-0.3, -0.25) is 10.1 Å². The zero-order valence-electron chi connectivity index (χ0n) is 15.9. The molecule has 140 valence electrons. The fraction of sp³-hybridized carbons (Fsp3) is 0.556. The minimum Gasteiger partial charge on any atom is -0.489 e.